The van der Waals surface area contributed by atoms with Gasteiger partial charge in [0.25, 0.3) is 11.8 Å². The van der Waals surface area contributed by atoms with Crippen molar-refractivity contribution >= 4 is 34.1 Å². The van der Waals surface area contributed by atoms with Crippen LogP contribution in [-0.2, 0) is 15.1 Å². The second-order valence-corrected chi connectivity index (χ2v) is 9.48. The van der Waals surface area contributed by atoms with Gasteiger partial charge in [-0.05, 0) is 50.1 Å². The van der Waals surface area contributed by atoms with E-state index in [1.165, 1.54) is 4.90 Å². The lowest BCUT2D eigenvalue weighted by molar-refractivity contribution is -0.147. The fourth-order valence-corrected chi connectivity index (χ4v) is 5.22. The third kappa shape index (κ3) is 2.93. The van der Waals surface area contributed by atoms with Crippen molar-refractivity contribution in [2.45, 2.75) is 32.5 Å². The van der Waals surface area contributed by atoms with Gasteiger partial charge in [-0.25, -0.2) is 4.99 Å². The Hall–Kier alpha value is -4.23. The number of rotatable bonds is 2. The molecule has 3 heterocycles. The highest BCUT2D eigenvalue weighted by Gasteiger charge is 2.60. The van der Waals surface area contributed by atoms with E-state index >= 15 is 0 Å². The highest BCUT2D eigenvalue weighted by atomic mass is 16.5. The summed E-state index contributed by atoms with van der Waals surface area (Å²) in [6, 6.07) is 18.1. The molecule has 180 valence electrons. The Morgan fingerprint density at radius 1 is 0.972 bits per heavy atom. The van der Waals surface area contributed by atoms with Crippen molar-refractivity contribution in [2.75, 3.05) is 11.9 Å². The quantitative estimate of drug-likeness (QED) is 0.448. The second kappa shape index (κ2) is 7.63. The van der Waals surface area contributed by atoms with Crippen molar-refractivity contribution in [1.82, 2.24) is 0 Å². The van der Waals surface area contributed by atoms with Crippen LogP contribution < -0.4 is 10.3 Å². The normalized spacial score (nSPS) is 21.7. The molecule has 0 aliphatic carbocycles. The summed E-state index contributed by atoms with van der Waals surface area (Å²) in [6.45, 7) is 5.74. The molecule has 6 rings (SSSR count). The number of hydrogen-bond donors (Lipinski definition) is 1. The molecule has 0 spiro atoms. The Morgan fingerprint density at radius 2 is 1.69 bits per heavy atom. The van der Waals surface area contributed by atoms with E-state index in [1.807, 2.05) is 45.0 Å². The first-order valence-electron chi connectivity index (χ1n) is 11.7. The van der Waals surface area contributed by atoms with Crippen molar-refractivity contribution < 1.29 is 19.1 Å². The van der Waals surface area contributed by atoms with Crippen LogP contribution in [0, 0.1) is 20.8 Å². The van der Waals surface area contributed by atoms with E-state index in [0.717, 1.165) is 16.7 Å². The van der Waals surface area contributed by atoms with Crippen LogP contribution in [0.4, 0.5) is 11.4 Å². The molecular weight excluding hydrogens is 456 g/mol. The lowest BCUT2D eigenvalue weighted by Crippen LogP contribution is -2.44. The Labute approximate surface area is 207 Å². The number of fused-ring (bicyclic) bond motifs is 3. The summed E-state index contributed by atoms with van der Waals surface area (Å²) in [5, 5.41) is 12.4. The SMILES string of the molecule is Cc1ccc2oc3c(c(=O)c2c1)[C@@H]([C@]1(O)C(=O)N(C)c2ccccc21)OC3=Nc1c(C)cccc1C. The zero-order chi connectivity index (χ0) is 25.4. The highest BCUT2D eigenvalue weighted by Crippen LogP contribution is 2.51. The number of anilines is 1. The average Bonchev–Trinajstić information content (AvgIpc) is 3.32. The molecule has 0 saturated heterocycles. The van der Waals surface area contributed by atoms with Gasteiger partial charge in [0.2, 0.25) is 11.0 Å². The Morgan fingerprint density at radius 3 is 2.44 bits per heavy atom. The molecule has 2 atom stereocenters. The Balaban J connectivity index is 1.66. The average molecular weight is 481 g/mol. The highest BCUT2D eigenvalue weighted by molar-refractivity contribution is 6.08. The lowest BCUT2D eigenvalue weighted by Gasteiger charge is -2.27. The molecule has 7 heteroatoms. The van der Waals surface area contributed by atoms with Crippen LogP contribution in [0.5, 0.6) is 0 Å². The molecule has 0 bridgehead atoms. The van der Waals surface area contributed by atoms with Crippen LogP contribution in [0.15, 0.2) is 74.9 Å². The van der Waals surface area contributed by atoms with Gasteiger partial charge >= 0.3 is 0 Å². The molecule has 1 aromatic heterocycles. The van der Waals surface area contributed by atoms with E-state index in [0.29, 0.717) is 27.9 Å². The van der Waals surface area contributed by atoms with Crippen LogP contribution >= 0.6 is 0 Å². The number of para-hydroxylation sites is 2. The minimum Gasteiger partial charge on any atom is -0.462 e. The molecule has 4 aromatic rings. The van der Waals surface area contributed by atoms with Gasteiger partial charge in [0.15, 0.2) is 11.9 Å². The summed E-state index contributed by atoms with van der Waals surface area (Å²) in [5.74, 6) is -0.408. The predicted octanol–water partition coefficient (Wildman–Crippen LogP) is 4.73. The number of carbonyl (C=O) groups excluding carboxylic acids is 1. The molecule has 36 heavy (non-hydrogen) atoms. The molecule has 0 radical (unpaired) electrons. The van der Waals surface area contributed by atoms with E-state index in [2.05, 4.69) is 0 Å². The van der Waals surface area contributed by atoms with Crippen molar-refractivity contribution in [2.24, 2.45) is 4.99 Å². The van der Waals surface area contributed by atoms with Crippen LogP contribution in [0.25, 0.3) is 11.0 Å². The van der Waals surface area contributed by atoms with E-state index < -0.39 is 17.6 Å². The van der Waals surface area contributed by atoms with Crippen molar-refractivity contribution in [3.8, 4) is 0 Å². The van der Waals surface area contributed by atoms with Crippen molar-refractivity contribution in [1.29, 1.82) is 0 Å². The van der Waals surface area contributed by atoms with Gasteiger partial charge in [-0.3, -0.25) is 9.59 Å². The minimum absolute atomic E-state index is 0.0558. The smallest absolute Gasteiger partial charge is 0.267 e. The summed E-state index contributed by atoms with van der Waals surface area (Å²) < 4.78 is 12.4. The third-order valence-corrected chi connectivity index (χ3v) is 7.11. The number of hydrogen-bond acceptors (Lipinski definition) is 6. The fourth-order valence-electron chi connectivity index (χ4n) is 5.22. The van der Waals surface area contributed by atoms with Gasteiger partial charge in [0.1, 0.15) is 5.58 Å². The molecule has 3 aromatic carbocycles. The van der Waals surface area contributed by atoms with Crippen LogP contribution in [0.3, 0.4) is 0 Å². The largest absolute Gasteiger partial charge is 0.462 e. The summed E-state index contributed by atoms with van der Waals surface area (Å²) in [7, 11) is 1.59. The van der Waals surface area contributed by atoms with E-state index in [9.17, 15) is 14.7 Å². The predicted molar refractivity (Wildman–Crippen MR) is 137 cm³/mol. The molecule has 7 nitrogen and oxygen atoms in total. The first kappa shape index (κ1) is 22.2. The molecule has 0 fully saturated rings. The first-order valence-corrected chi connectivity index (χ1v) is 11.7. The molecule has 2 aliphatic heterocycles. The monoisotopic (exact) mass is 480 g/mol. The lowest BCUT2D eigenvalue weighted by atomic mass is 9.85. The number of ether oxygens (including phenoxy) is 1. The Kier molecular flexibility index (Phi) is 4.72. The topological polar surface area (TPSA) is 92.3 Å². The van der Waals surface area contributed by atoms with Gasteiger partial charge in [0.05, 0.1) is 22.3 Å². The van der Waals surface area contributed by atoms with Crippen molar-refractivity contribution in [3.05, 3.63) is 104 Å². The Bertz CT molecular complexity index is 1670. The van der Waals surface area contributed by atoms with E-state index in [1.54, 1.807) is 43.4 Å². The number of aryl methyl sites for hydroxylation is 3. The van der Waals surface area contributed by atoms with Gasteiger partial charge in [-0.1, -0.05) is 48.0 Å². The van der Waals surface area contributed by atoms with E-state index in [4.69, 9.17) is 14.1 Å². The van der Waals surface area contributed by atoms with Crippen LogP contribution in [-0.4, -0.2) is 24.0 Å². The molecule has 0 unspecified atom stereocenters. The minimum atomic E-state index is -2.13. The number of likely N-dealkylation sites (N-methyl/N-ethyl adjacent to an activating group) is 1. The van der Waals surface area contributed by atoms with E-state index in [-0.39, 0.29) is 22.7 Å². The number of carbonyl (C=O) groups is 1. The van der Waals surface area contributed by atoms with Crippen LogP contribution in [0.1, 0.15) is 39.7 Å². The molecule has 0 saturated carbocycles. The number of aliphatic imine (C=N–C) groups is 1. The van der Waals surface area contributed by atoms with Gasteiger partial charge in [0, 0.05) is 12.6 Å². The molecule has 1 amide bonds. The number of amides is 1. The maximum absolute atomic E-state index is 13.9. The van der Waals surface area contributed by atoms with Crippen LogP contribution in [0.2, 0.25) is 0 Å². The summed E-state index contributed by atoms with van der Waals surface area (Å²) in [4.78, 5) is 33.5. The summed E-state index contributed by atoms with van der Waals surface area (Å²) >= 11 is 0. The summed E-state index contributed by atoms with van der Waals surface area (Å²) in [6.07, 6.45) is -1.34. The van der Waals surface area contributed by atoms with Crippen molar-refractivity contribution in [3.63, 3.8) is 0 Å². The maximum Gasteiger partial charge on any atom is 0.267 e. The molecule has 1 N–H and O–H groups in total. The second-order valence-electron chi connectivity index (χ2n) is 9.48. The number of benzene rings is 3. The summed E-state index contributed by atoms with van der Waals surface area (Å²) in [5.41, 5.74) is 2.27. The fraction of sp³-hybridized carbons (Fsp3) is 0.207. The third-order valence-electron chi connectivity index (χ3n) is 7.11. The maximum atomic E-state index is 13.9. The standard InChI is InChI=1S/C29H24N2O5/c1-15-12-13-21-18(14-15)24(32)22-25(35-21)27(30-23-16(2)8-7-9-17(23)3)36-26(22)29(34)19-10-5-6-11-20(19)31(4)28(29)33/h5-14,26,34H,1-4H3/t26-,29-/m0/s1. The van der Waals surface area contributed by atoms with Gasteiger partial charge in [-0.2, -0.15) is 0 Å². The van der Waals surface area contributed by atoms with Gasteiger partial charge < -0.3 is 19.2 Å². The number of aliphatic hydroxyl groups is 1. The zero-order valence-electron chi connectivity index (χ0n) is 20.3. The first-order chi connectivity index (χ1) is 17.2. The number of nitrogens with zero attached hydrogens (tertiary/aromatic N) is 2. The molecule has 2 aliphatic rings. The van der Waals surface area contributed by atoms with Gasteiger partial charge in [-0.15, -0.1) is 0 Å². The zero-order valence-corrected chi connectivity index (χ0v) is 20.3. The molecular formula is C29H24N2O5.